The second kappa shape index (κ2) is 9.94. The zero-order valence-corrected chi connectivity index (χ0v) is 20.5. The first-order chi connectivity index (χ1) is 16.2. The highest BCUT2D eigenvalue weighted by molar-refractivity contribution is 6.01. The molecule has 1 aromatic rings. The van der Waals surface area contributed by atoms with E-state index in [2.05, 4.69) is 5.32 Å². The lowest BCUT2D eigenvalue weighted by Gasteiger charge is -2.34. The minimum absolute atomic E-state index is 0.0912. The Labute approximate surface area is 201 Å². The van der Waals surface area contributed by atoms with E-state index in [9.17, 15) is 19.5 Å². The largest absolute Gasteiger partial charge is 0.443 e. The van der Waals surface area contributed by atoms with Gasteiger partial charge in [-0.05, 0) is 58.1 Å². The number of para-hydroxylation sites is 1. The summed E-state index contributed by atoms with van der Waals surface area (Å²) in [7, 11) is 0. The number of amides is 3. The van der Waals surface area contributed by atoms with Gasteiger partial charge in [-0.2, -0.15) is 0 Å². The summed E-state index contributed by atoms with van der Waals surface area (Å²) in [5.74, 6) is -0.663. The molecule has 0 bridgehead atoms. The van der Waals surface area contributed by atoms with E-state index in [0.717, 1.165) is 31.2 Å². The van der Waals surface area contributed by atoms with Crippen LogP contribution < -0.4 is 10.2 Å². The van der Waals surface area contributed by atoms with E-state index < -0.39 is 35.8 Å². The molecule has 1 saturated carbocycles. The van der Waals surface area contributed by atoms with Gasteiger partial charge in [-0.3, -0.25) is 14.5 Å². The molecule has 1 aliphatic carbocycles. The van der Waals surface area contributed by atoms with E-state index in [-0.39, 0.29) is 11.9 Å². The van der Waals surface area contributed by atoms with Gasteiger partial charge in [-0.25, -0.2) is 4.79 Å². The number of hydrogen-bond donors (Lipinski definition) is 2. The Morgan fingerprint density at radius 3 is 2.47 bits per heavy atom. The summed E-state index contributed by atoms with van der Waals surface area (Å²) in [6, 6.07) is 6.18. The second-order valence-corrected chi connectivity index (χ2v) is 10.7. The maximum atomic E-state index is 13.8. The van der Waals surface area contributed by atoms with Gasteiger partial charge in [0.2, 0.25) is 5.91 Å². The molecule has 186 valence electrons. The van der Waals surface area contributed by atoms with Crippen LogP contribution in [0, 0.1) is 0 Å². The number of nitrogens with one attached hydrogen (secondary N) is 1. The van der Waals surface area contributed by atoms with Gasteiger partial charge in [0, 0.05) is 19.0 Å². The van der Waals surface area contributed by atoms with Gasteiger partial charge in [-0.1, -0.05) is 37.5 Å². The van der Waals surface area contributed by atoms with Crippen molar-refractivity contribution >= 4 is 23.6 Å². The van der Waals surface area contributed by atoms with Crippen LogP contribution in [-0.2, 0) is 20.7 Å². The van der Waals surface area contributed by atoms with Crippen LogP contribution in [0.25, 0.3) is 0 Å². The zero-order chi connectivity index (χ0) is 24.5. The second-order valence-electron chi connectivity index (χ2n) is 10.7. The van der Waals surface area contributed by atoms with E-state index in [1.807, 2.05) is 24.3 Å². The predicted octanol–water partition coefficient (Wildman–Crippen LogP) is 3.15. The standard InChI is InChI=1S/C26H37N3O5/c1-26(2,3)34-25(33)29-19-13-8-7-10-17(19)16-21(29)24(32)28-15-9-14-20(28)22(30)23(31)27-18-11-5-4-6-12-18/h7-8,10,13,18,20-22,30H,4-6,9,11-12,14-16H2,1-3H3,(H,27,31). The molecule has 4 rings (SSSR count). The third-order valence-corrected chi connectivity index (χ3v) is 7.02. The molecule has 2 fully saturated rings. The van der Waals surface area contributed by atoms with Crippen LogP contribution in [0.1, 0.15) is 71.3 Å². The Bertz CT molecular complexity index is 921. The fourth-order valence-electron chi connectivity index (χ4n) is 5.41. The highest BCUT2D eigenvalue weighted by Gasteiger charge is 2.46. The van der Waals surface area contributed by atoms with Crippen LogP contribution in [0.5, 0.6) is 0 Å². The Morgan fingerprint density at radius 2 is 1.76 bits per heavy atom. The number of fused-ring (bicyclic) bond motifs is 1. The van der Waals surface area contributed by atoms with Crippen LogP contribution >= 0.6 is 0 Å². The highest BCUT2D eigenvalue weighted by atomic mass is 16.6. The summed E-state index contributed by atoms with van der Waals surface area (Å²) in [6.07, 6.45) is 4.98. The fraction of sp³-hybridized carbons (Fsp3) is 0.654. The van der Waals surface area contributed by atoms with Gasteiger partial charge in [0.05, 0.1) is 11.7 Å². The van der Waals surface area contributed by atoms with Gasteiger partial charge >= 0.3 is 6.09 Å². The fourth-order valence-corrected chi connectivity index (χ4v) is 5.41. The molecule has 3 atom stereocenters. The molecule has 1 aromatic carbocycles. The van der Waals surface area contributed by atoms with Gasteiger partial charge in [0.15, 0.2) is 6.10 Å². The van der Waals surface area contributed by atoms with Crippen molar-refractivity contribution in [2.75, 3.05) is 11.4 Å². The third-order valence-electron chi connectivity index (χ3n) is 7.02. The van der Waals surface area contributed by atoms with Crippen molar-refractivity contribution in [3.05, 3.63) is 29.8 Å². The molecule has 8 heteroatoms. The first kappa shape index (κ1) is 24.5. The average molecular weight is 472 g/mol. The molecule has 0 spiro atoms. The molecule has 3 aliphatic rings. The number of benzene rings is 1. The minimum atomic E-state index is -1.29. The van der Waals surface area contributed by atoms with Crippen LogP contribution in [0.3, 0.4) is 0 Å². The number of hydrogen-bond acceptors (Lipinski definition) is 5. The number of anilines is 1. The summed E-state index contributed by atoms with van der Waals surface area (Å²) >= 11 is 0. The molecule has 34 heavy (non-hydrogen) atoms. The molecule has 3 amide bonds. The predicted molar refractivity (Wildman–Crippen MR) is 128 cm³/mol. The molecule has 0 aromatic heterocycles. The Balaban J connectivity index is 1.50. The van der Waals surface area contributed by atoms with Gasteiger partial charge in [-0.15, -0.1) is 0 Å². The summed E-state index contributed by atoms with van der Waals surface area (Å²) < 4.78 is 5.62. The number of aliphatic hydroxyl groups excluding tert-OH is 1. The normalized spacial score (nSPS) is 24.0. The van der Waals surface area contributed by atoms with Crippen molar-refractivity contribution in [2.24, 2.45) is 0 Å². The van der Waals surface area contributed by atoms with Crippen LogP contribution in [0.2, 0.25) is 0 Å². The molecular weight excluding hydrogens is 434 g/mol. The number of carbonyl (C=O) groups is 3. The topological polar surface area (TPSA) is 99.2 Å². The lowest BCUT2D eigenvalue weighted by molar-refractivity contribution is -0.140. The van der Waals surface area contributed by atoms with Crippen molar-refractivity contribution < 1.29 is 24.2 Å². The lowest BCUT2D eigenvalue weighted by atomic mass is 9.95. The number of carbonyl (C=O) groups excluding carboxylic acids is 3. The van der Waals surface area contributed by atoms with Gasteiger partial charge in [0.25, 0.3) is 5.91 Å². The number of rotatable bonds is 4. The monoisotopic (exact) mass is 471 g/mol. The number of ether oxygens (including phenoxy) is 1. The molecule has 8 nitrogen and oxygen atoms in total. The van der Waals surface area contributed by atoms with E-state index in [1.54, 1.807) is 25.7 Å². The van der Waals surface area contributed by atoms with Crippen LogP contribution in [0.15, 0.2) is 24.3 Å². The molecule has 3 unspecified atom stereocenters. The van der Waals surface area contributed by atoms with E-state index >= 15 is 0 Å². The van der Waals surface area contributed by atoms with Crippen molar-refractivity contribution in [3.8, 4) is 0 Å². The summed E-state index contributed by atoms with van der Waals surface area (Å²) in [6.45, 7) is 5.83. The zero-order valence-electron chi connectivity index (χ0n) is 20.5. The van der Waals surface area contributed by atoms with E-state index in [0.29, 0.717) is 31.5 Å². The molecule has 2 heterocycles. The van der Waals surface area contributed by atoms with Crippen molar-refractivity contribution in [1.29, 1.82) is 0 Å². The quantitative estimate of drug-likeness (QED) is 0.703. The van der Waals surface area contributed by atoms with Crippen molar-refractivity contribution in [2.45, 2.75) is 102 Å². The first-order valence-corrected chi connectivity index (χ1v) is 12.5. The van der Waals surface area contributed by atoms with Crippen LogP contribution in [0.4, 0.5) is 10.5 Å². The summed E-state index contributed by atoms with van der Waals surface area (Å²) in [4.78, 5) is 42.7. The minimum Gasteiger partial charge on any atom is -0.443 e. The van der Waals surface area contributed by atoms with E-state index in [4.69, 9.17) is 4.74 Å². The number of likely N-dealkylation sites (tertiary alicyclic amines) is 1. The van der Waals surface area contributed by atoms with Gasteiger partial charge < -0.3 is 20.1 Å². The highest BCUT2D eigenvalue weighted by Crippen LogP contribution is 2.35. The summed E-state index contributed by atoms with van der Waals surface area (Å²) in [5.41, 5.74) is 0.866. The molecule has 1 saturated heterocycles. The average Bonchev–Trinajstić information content (AvgIpc) is 3.42. The maximum Gasteiger partial charge on any atom is 0.415 e. The smallest absolute Gasteiger partial charge is 0.415 e. The van der Waals surface area contributed by atoms with Crippen molar-refractivity contribution in [3.63, 3.8) is 0 Å². The van der Waals surface area contributed by atoms with Crippen LogP contribution in [-0.4, -0.2) is 64.3 Å². The summed E-state index contributed by atoms with van der Waals surface area (Å²) in [5, 5.41) is 13.9. The Kier molecular flexibility index (Phi) is 7.17. The van der Waals surface area contributed by atoms with Gasteiger partial charge in [0.1, 0.15) is 11.6 Å². The molecule has 2 aliphatic heterocycles. The molecule has 0 radical (unpaired) electrons. The Morgan fingerprint density at radius 1 is 1.06 bits per heavy atom. The number of nitrogens with zero attached hydrogens (tertiary/aromatic N) is 2. The molecular formula is C26H37N3O5. The maximum absolute atomic E-state index is 13.8. The number of aliphatic hydroxyl groups is 1. The first-order valence-electron chi connectivity index (χ1n) is 12.5. The third kappa shape index (κ3) is 5.22. The molecule has 2 N–H and O–H groups in total. The Hall–Kier alpha value is -2.61. The van der Waals surface area contributed by atoms with Crippen molar-refractivity contribution in [1.82, 2.24) is 10.2 Å². The SMILES string of the molecule is CC(C)(C)OC(=O)N1c2ccccc2CC1C(=O)N1CCCC1C(O)C(=O)NC1CCCCC1. The van der Waals surface area contributed by atoms with E-state index in [1.165, 1.54) is 11.3 Å². The lowest BCUT2D eigenvalue weighted by Crippen LogP contribution is -2.56.